The highest BCUT2D eigenvalue weighted by Gasteiger charge is 2.41. The van der Waals surface area contributed by atoms with Gasteiger partial charge in [0.1, 0.15) is 0 Å². The van der Waals surface area contributed by atoms with Crippen LogP contribution in [-0.4, -0.2) is 64.8 Å². The summed E-state index contributed by atoms with van der Waals surface area (Å²) in [5, 5.41) is 10.2. The average Bonchev–Trinajstić information content (AvgIpc) is 3.55. The van der Waals surface area contributed by atoms with Crippen LogP contribution in [-0.2, 0) is 37.9 Å². The summed E-state index contributed by atoms with van der Waals surface area (Å²) < 4.78 is 86.3. The monoisotopic (exact) mass is 639 g/mol. The van der Waals surface area contributed by atoms with Gasteiger partial charge < -0.3 is 15.0 Å². The second kappa shape index (κ2) is 12.0. The molecule has 1 saturated heterocycles. The van der Waals surface area contributed by atoms with Gasteiger partial charge in [0.05, 0.1) is 47.2 Å². The Morgan fingerprint density at radius 3 is 2.52 bits per heavy atom. The first-order chi connectivity index (χ1) is 20.7. The quantitative estimate of drug-likeness (QED) is 0.217. The number of aromatic nitrogens is 2. The number of carbonyl (C=O) groups excluding carboxylic acids is 3. The first kappa shape index (κ1) is 31.1. The molecule has 9 nitrogen and oxygen atoms in total. The van der Waals surface area contributed by atoms with Crippen molar-refractivity contribution in [2.45, 2.75) is 25.2 Å². The minimum Gasteiger partial charge on any atom is -0.469 e. The topological polar surface area (TPSA) is 117 Å². The molecule has 2 aliphatic rings. The Hall–Kier alpha value is -4.34. The Balaban J connectivity index is 1.42. The number of ether oxygens (including phenoxy) is 1. The van der Waals surface area contributed by atoms with Crippen molar-refractivity contribution in [1.82, 2.24) is 20.4 Å². The number of aliphatic imine (C=N–C) groups is 1. The largest absolute Gasteiger partial charge is 0.469 e. The SMILES string of the molecule is COC(=O)CCNC(=O)C1CN(C2=NC(=O)C(=C(Cc3ccc(C(F)(F)F)cc3C(F)(F)F)c3ccc4[nH]ncc4c3)S2)C1. The molecule has 2 amide bonds. The molecule has 2 aliphatic heterocycles. The number of halogens is 6. The fourth-order valence-electron chi connectivity index (χ4n) is 4.76. The number of allylic oxidation sites excluding steroid dienone is 1. The predicted molar refractivity (Wildman–Crippen MR) is 148 cm³/mol. The number of nitrogens with one attached hydrogen (secondary N) is 2. The van der Waals surface area contributed by atoms with Crippen LogP contribution in [0.15, 0.2) is 52.5 Å². The number of rotatable bonds is 7. The van der Waals surface area contributed by atoms with Gasteiger partial charge in [0.25, 0.3) is 5.91 Å². The number of carbonyl (C=O) groups is 3. The number of thioether (sulfide) groups is 1. The number of aromatic amines is 1. The van der Waals surface area contributed by atoms with Crippen LogP contribution in [0.25, 0.3) is 16.5 Å². The van der Waals surface area contributed by atoms with E-state index in [9.17, 15) is 40.7 Å². The number of nitrogens with zero attached hydrogens (tertiary/aromatic N) is 3. The smallest absolute Gasteiger partial charge is 0.416 e. The highest BCUT2D eigenvalue weighted by Crippen LogP contribution is 2.42. The van der Waals surface area contributed by atoms with Crippen LogP contribution < -0.4 is 5.32 Å². The van der Waals surface area contributed by atoms with Gasteiger partial charge in [-0.3, -0.25) is 19.5 Å². The second-order valence-electron chi connectivity index (χ2n) is 10.0. The summed E-state index contributed by atoms with van der Waals surface area (Å²) in [4.78, 5) is 42.5. The number of hydrogen-bond acceptors (Lipinski definition) is 7. The maximum Gasteiger partial charge on any atom is 0.416 e. The van der Waals surface area contributed by atoms with Gasteiger partial charge >= 0.3 is 18.3 Å². The fraction of sp³-hybridized carbons (Fsp3) is 0.321. The number of likely N-dealkylation sites (tertiary alicyclic amines) is 1. The third-order valence-corrected chi connectivity index (χ3v) is 8.29. The number of amides is 2. The summed E-state index contributed by atoms with van der Waals surface area (Å²) in [5.74, 6) is -1.94. The van der Waals surface area contributed by atoms with E-state index in [-0.39, 0.29) is 53.7 Å². The number of alkyl halides is 6. The number of fused-ring (bicyclic) bond motifs is 1. The van der Waals surface area contributed by atoms with Crippen molar-refractivity contribution in [1.29, 1.82) is 0 Å². The second-order valence-corrected chi connectivity index (χ2v) is 11.0. The highest BCUT2D eigenvalue weighted by molar-refractivity contribution is 8.18. The summed E-state index contributed by atoms with van der Waals surface area (Å²) in [6.07, 6.45) is -9.11. The number of benzene rings is 2. The van der Waals surface area contributed by atoms with Crippen LogP contribution in [0.4, 0.5) is 26.3 Å². The number of methoxy groups -OCH3 is 1. The van der Waals surface area contributed by atoms with Crippen LogP contribution in [0.5, 0.6) is 0 Å². The van der Waals surface area contributed by atoms with Gasteiger partial charge in [-0.25, -0.2) is 0 Å². The molecule has 2 aromatic carbocycles. The molecule has 5 rings (SSSR count). The molecular formula is C28H23F6N5O4S. The zero-order chi connectivity index (χ0) is 31.8. The van der Waals surface area contributed by atoms with Gasteiger partial charge in [0, 0.05) is 25.0 Å². The van der Waals surface area contributed by atoms with Crippen LogP contribution >= 0.6 is 11.8 Å². The van der Waals surface area contributed by atoms with Crippen LogP contribution in [0.2, 0.25) is 0 Å². The summed E-state index contributed by atoms with van der Waals surface area (Å²) in [6.45, 7) is 0.519. The van der Waals surface area contributed by atoms with Crippen molar-refractivity contribution in [2.75, 3.05) is 26.7 Å². The lowest BCUT2D eigenvalue weighted by atomic mass is 9.92. The number of esters is 1. The van der Waals surface area contributed by atoms with Crippen molar-refractivity contribution < 1.29 is 45.5 Å². The molecule has 16 heteroatoms. The Labute approximate surface area is 249 Å². The predicted octanol–water partition coefficient (Wildman–Crippen LogP) is 4.79. The molecule has 3 aromatic rings. The lowest BCUT2D eigenvalue weighted by Crippen LogP contribution is -2.55. The van der Waals surface area contributed by atoms with E-state index < -0.39 is 53.3 Å². The number of hydrogen-bond donors (Lipinski definition) is 2. The van der Waals surface area contributed by atoms with Crippen molar-refractivity contribution in [2.24, 2.45) is 10.9 Å². The van der Waals surface area contributed by atoms with Crippen LogP contribution in [0.1, 0.15) is 28.7 Å². The fourth-order valence-corrected chi connectivity index (χ4v) is 5.80. The zero-order valence-corrected chi connectivity index (χ0v) is 23.6. The average molecular weight is 640 g/mol. The van der Waals surface area contributed by atoms with Crippen molar-refractivity contribution in [3.8, 4) is 0 Å². The van der Waals surface area contributed by atoms with E-state index in [0.29, 0.717) is 22.5 Å². The van der Waals surface area contributed by atoms with E-state index in [2.05, 4.69) is 25.2 Å². The molecule has 0 spiro atoms. The van der Waals surface area contributed by atoms with Gasteiger partial charge in [0.2, 0.25) is 5.91 Å². The molecule has 0 bridgehead atoms. The van der Waals surface area contributed by atoms with Gasteiger partial charge in [0.15, 0.2) is 5.17 Å². The summed E-state index contributed by atoms with van der Waals surface area (Å²) >= 11 is 0.920. The Kier molecular flexibility index (Phi) is 8.46. The van der Waals surface area contributed by atoms with E-state index in [1.165, 1.54) is 13.3 Å². The van der Waals surface area contributed by atoms with Crippen LogP contribution in [0, 0.1) is 5.92 Å². The molecular weight excluding hydrogens is 616 g/mol. The van der Waals surface area contributed by atoms with Gasteiger partial charge in [-0.15, -0.1) is 0 Å². The normalized spacial score (nSPS) is 17.0. The van der Waals surface area contributed by atoms with E-state index in [1.807, 2.05) is 0 Å². The molecule has 0 atom stereocenters. The summed E-state index contributed by atoms with van der Waals surface area (Å²) in [6, 6.07) is 6.23. The van der Waals surface area contributed by atoms with E-state index >= 15 is 0 Å². The van der Waals surface area contributed by atoms with Crippen molar-refractivity contribution in [3.05, 3.63) is 69.8 Å². The maximum absolute atomic E-state index is 14.0. The number of amidine groups is 1. The molecule has 1 aromatic heterocycles. The molecule has 0 unspecified atom stereocenters. The van der Waals surface area contributed by atoms with Crippen LogP contribution in [0.3, 0.4) is 0 Å². The van der Waals surface area contributed by atoms with E-state index in [0.717, 1.165) is 17.8 Å². The molecule has 44 heavy (non-hydrogen) atoms. The molecule has 0 aliphatic carbocycles. The Morgan fingerprint density at radius 2 is 1.84 bits per heavy atom. The van der Waals surface area contributed by atoms with Gasteiger partial charge in [-0.1, -0.05) is 12.1 Å². The maximum atomic E-state index is 14.0. The van der Waals surface area contributed by atoms with E-state index in [1.54, 1.807) is 23.1 Å². The van der Waals surface area contributed by atoms with Gasteiger partial charge in [-0.2, -0.15) is 36.4 Å². The molecule has 2 N–H and O–H groups in total. The number of H-pyrrole nitrogens is 1. The third kappa shape index (κ3) is 6.59. The lowest BCUT2D eigenvalue weighted by molar-refractivity contribution is -0.144. The third-order valence-electron chi connectivity index (χ3n) is 7.14. The van der Waals surface area contributed by atoms with Gasteiger partial charge in [-0.05, 0) is 59.1 Å². The Morgan fingerprint density at radius 1 is 1.09 bits per heavy atom. The molecule has 0 radical (unpaired) electrons. The molecule has 1 fully saturated rings. The van der Waals surface area contributed by atoms with Crippen molar-refractivity contribution >= 4 is 51.2 Å². The molecule has 232 valence electrons. The minimum atomic E-state index is -5.10. The highest BCUT2D eigenvalue weighted by atomic mass is 32.2. The Bertz CT molecular complexity index is 1690. The summed E-state index contributed by atoms with van der Waals surface area (Å²) in [5.41, 5.74) is -2.22. The first-order valence-electron chi connectivity index (χ1n) is 13.1. The molecule has 3 heterocycles. The minimum absolute atomic E-state index is 0.00621. The van der Waals surface area contributed by atoms with Crippen molar-refractivity contribution in [3.63, 3.8) is 0 Å². The van der Waals surface area contributed by atoms with E-state index in [4.69, 9.17) is 0 Å². The lowest BCUT2D eigenvalue weighted by Gasteiger charge is -2.39. The zero-order valence-electron chi connectivity index (χ0n) is 22.8. The molecule has 0 saturated carbocycles. The standard InChI is InChI=1S/C28H23F6N5O4S/c1-43-22(40)6-7-35-24(41)17-12-39(13-17)26-37-25(42)23(44-26)19(14-3-5-21-16(8-14)11-36-38-21)9-15-2-4-18(27(29,30)31)10-20(15)28(32,33)34/h2-5,8,10-11,17H,6-7,9,12-13H2,1H3,(H,35,41)(H,36,38). The summed E-state index contributed by atoms with van der Waals surface area (Å²) in [7, 11) is 1.23. The first-order valence-corrected chi connectivity index (χ1v) is 13.9.